The second kappa shape index (κ2) is 7.44. The van der Waals surface area contributed by atoms with Crippen molar-refractivity contribution in [3.05, 3.63) is 35.9 Å². The van der Waals surface area contributed by atoms with Gasteiger partial charge in [-0.25, -0.2) is 0 Å². The molecule has 2 rings (SSSR count). The Morgan fingerprint density at radius 1 is 1.25 bits per heavy atom. The number of nitrogens with one attached hydrogen (secondary N) is 1. The van der Waals surface area contributed by atoms with Crippen LogP contribution in [0.25, 0.3) is 0 Å². The summed E-state index contributed by atoms with van der Waals surface area (Å²) in [5, 5.41) is 3.11. The molecule has 0 bridgehead atoms. The summed E-state index contributed by atoms with van der Waals surface area (Å²) in [5.74, 6) is 0.601. The fourth-order valence-corrected chi connectivity index (χ4v) is 3.04. The van der Waals surface area contributed by atoms with Crippen LogP contribution in [0.2, 0.25) is 0 Å². The van der Waals surface area contributed by atoms with Gasteiger partial charge in [0.15, 0.2) is 0 Å². The number of hydrogen-bond acceptors (Lipinski definition) is 2. The fraction of sp³-hybridized carbons (Fsp3) is 0.588. The average molecular weight is 274 g/mol. The highest BCUT2D eigenvalue weighted by atomic mass is 16.2. The molecule has 3 nitrogen and oxygen atoms in total. The second-order valence-electron chi connectivity index (χ2n) is 5.99. The molecule has 0 radical (unpaired) electrons. The summed E-state index contributed by atoms with van der Waals surface area (Å²) in [6, 6.07) is 9.73. The smallest absolute Gasteiger partial charge is 0.237 e. The zero-order valence-corrected chi connectivity index (χ0v) is 12.3. The maximum absolute atomic E-state index is 12.2. The Bertz CT molecular complexity index is 412. The van der Waals surface area contributed by atoms with E-state index in [-0.39, 0.29) is 11.9 Å². The number of amides is 1. The van der Waals surface area contributed by atoms with Crippen LogP contribution in [0.15, 0.2) is 30.3 Å². The van der Waals surface area contributed by atoms with E-state index in [1.165, 1.54) is 32.1 Å². The summed E-state index contributed by atoms with van der Waals surface area (Å²) in [4.78, 5) is 12.2. The van der Waals surface area contributed by atoms with Gasteiger partial charge in [0, 0.05) is 6.04 Å². The van der Waals surface area contributed by atoms with E-state index in [1.54, 1.807) is 0 Å². The molecule has 1 aromatic carbocycles. The SMILES string of the molecule is C[C@@H](NC(=O)[C@H](N)Cc1ccccc1)C1CCCCC1. The third-order valence-electron chi connectivity index (χ3n) is 4.36. The highest BCUT2D eigenvalue weighted by molar-refractivity contribution is 5.82. The average Bonchev–Trinajstić information content (AvgIpc) is 2.49. The third kappa shape index (κ3) is 4.34. The minimum Gasteiger partial charge on any atom is -0.352 e. The largest absolute Gasteiger partial charge is 0.352 e. The van der Waals surface area contributed by atoms with Gasteiger partial charge in [-0.2, -0.15) is 0 Å². The van der Waals surface area contributed by atoms with Crippen LogP contribution in [0.4, 0.5) is 0 Å². The van der Waals surface area contributed by atoms with Crippen molar-refractivity contribution in [1.82, 2.24) is 5.32 Å². The van der Waals surface area contributed by atoms with E-state index in [9.17, 15) is 4.79 Å². The highest BCUT2D eigenvalue weighted by Crippen LogP contribution is 2.26. The molecule has 1 aliphatic rings. The first-order valence-electron chi connectivity index (χ1n) is 7.76. The van der Waals surface area contributed by atoms with Crippen LogP contribution in [-0.4, -0.2) is 18.0 Å². The number of benzene rings is 1. The summed E-state index contributed by atoms with van der Waals surface area (Å²) in [6.07, 6.45) is 6.99. The van der Waals surface area contributed by atoms with Crippen molar-refractivity contribution in [2.45, 2.75) is 57.5 Å². The predicted octanol–water partition coefficient (Wildman–Crippen LogP) is 2.64. The lowest BCUT2D eigenvalue weighted by molar-refractivity contribution is -0.123. The van der Waals surface area contributed by atoms with Crippen LogP contribution >= 0.6 is 0 Å². The van der Waals surface area contributed by atoms with E-state index in [2.05, 4.69) is 12.2 Å². The van der Waals surface area contributed by atoms with Gasteiger partial charge in [0.2, 0.25) is 5.91 Å². The van der Waals surface area contributed by atoms with E-state index in [0.29, 0.717) is 12.3 Å². The van der Waals surface area contributed by atoms with E-state index in [1.807, 2.05) is 30.3 Å². The molecule has 20 heavy (non-hydrogen) atoms. The molecule has 0 aromatic heterocycles. The summed E-state index contributed by atoms with van der Waals surface area (Å²) in [7, 11) is 0. The Hall–Kier alpha value is -1.35. The van der Waals surface area contributed by atoms with Crippen LogP contribution < -0.4 is 11.1 Å². The highest BCUT2D eigenvalue weighted by Gasteiger charge is 2.23. The van der Waals surface area contributed by atoms with Crippen molar-refractivity contribution < 1.29 is 4.79 Å². The predicted molar refractivity (Wildman–Crippen MR) is 82.3 cm³/mol. The minimum absolute atomic E-state index is 0.0214. The quantitative estimate of drug-likeness (QED) is 0.867. The minimum atomic E-state index is -0.455. The van der Waals surface area contributed by atoms with Gasteiger partial charge >= 0.3 is 0 Å². The molecule has 1 saturated carbocycles. The number of rotatable bonds is 5. The number of nitrogens with two attached hydrogens (primary N) is 1. The molecule has 110 valence electrons. The number of carbonyl (C=O) groups is 1. The molecule has 0 unspecified atom stereocenters. The van der Waals surface area contributed by atoms with Crippen molar-refractivity contribution in [2.24, 2.45) is 11.7 Å². The molecule has 0 saturated heterocycles. The Labute approximate surface area is 121 Å². The molecular formula is C17H26N2O. The Morgan fingerprint density at radius 3 is 2.55 bits per heavy atom. The lowest BCUT2D eigenvalue weighted by atomic mass is 9.84. The monoisotopic (exact) mass is 274 g/mol. The first kappa shape index (κ1) is 15.0. The van der Waals surface area contributed by atoms with Crippen LogP contribution in [-0.2, 0) is 11.2 Å². The first-order valence-corrected chi connectivity index (χ1v) is 7.76. The van der Waals surface area contributed by atoms with E-state index < -0.39 is 6.04 Å². The summed E-state index contributed by atoms with van der Waals surface area (Å²) in [6.45, 7) is 2.11. The van der Waals surface area contributed by atoms with Crippen molar-refractivity contribution in [2.75, 3.05) is 0 Å². The lowest BCUT2D eigenvalue weighted by Gasteiger charge is -2.29. The lowest BCUT2D eigenvalue weighted by Crippen LogP contribution is -2.48. The summed E-state index contributed by atoms with van der Waals surface area (Å²) >= 11 is 0. The third-order valence-corrected chi connectivity index (χ3v) is 4.36. The van der Waals surface area contributed by atoms with E-state index in [4.69, 9.17) is 5.73 Å². The van der Waals surface area contributed by atoms with Gasteiger partial charge in [-0.3, -0.25) is 4.79 Å². The van der Waals surface area contributed by atoms with Crippen LogP contribution in [0.5, 0.6) is 0 Å². The topological polar surface area (TPSA) is 55.1 Å². The molecule has 1 fully saturated rings. The van der Waals surface area contributed by atoms with Crippen LogP contribution in [0, 0.1) is 5.92 Å². The Kier molecular flexibility index (Phi) is 5.60. The van der Waals surface area contributed by atoms with E-state index >= 15 is 0 Å². The van der Waals surface area contributed by atoms with Crippen molar-refractivity contribution in [3.8, 4) is 0 Å². The standard InChI is InChI=1S/C17H26N2O/c1-13(15-10-6-3-7-11-15)19-17(20)16(18)12-14-8-4-2-5-9-14/h2,4-5,8-9,13,15-16H,3,6-7,10-12,18H2,1H3,(H,19,20)/t13-,16-/m1/s1. The summed E-state index contributed by atoms with van der Waals surface area (Å²) < 4.78 is 0. The number of hydrogen-bond donors (Lipinski definition) is 2. The van der Waals surface area contributed by atoms with Gasteiger partial charge in [0.1, 0.15) is 0 Å². The Balaban J connectivity index is 1.81. The van der Waals surface area contributed by atoms with Crippen LogP contribution in [0.3, 0.4) is 0 Å². The molecule has 0 aliphatic heterocycles. The van der Waals surface area contributed by atoms with Gasteiger partial charge < -0.3 is 11.1 Å². The molecule has 1 aliphatic carbocycles. The van der Waals surface area contributed by atoms with Crippen LogP contribution in [0.1, 0.15) is 44.6 Å². The molecule has 0 heterocycles. The van der Waals surface area contributed by atoms with Gasteiger partial charge in [0.25, 0.3) is 0 Å². The first-order chi connectivity index (χ1) is 9.66. The molecule has 2 atom stereocenters. The zero-order chi connectivity index (χ0) is 14.4. The second-order valence-corrected chi connectivity index (χ2v) is 5.99. The molecular weight excluding hydrogens is 248 g/mol. The van der Waals surface area contributed by atoms with E-state index in [0.717, 1.165) is 5.56 Å². The van der Waals surface area contributed by atoms with Gasteiger partial charge in [-0.15, -0.1) is 0 Å². The summed E-state index contributed by atoms with van der Waals surface area (Å²) in [5.41, 5.74) is 7.13. The van der Waals surface area contributed by atoms with Crippen molar-refractivity contribution in [3.63, 3.8) is 0 Å². The molecule has 1 aromatic rings. The molecule has 0 spiro atoms. The molecule has 3 heteroatoms. The van der Waals surface area contributed by atoms with Gasteiger partial charge in [-0.05, 0) is 37.7 Å². The van der Waals surface area contributed by atoms with Crippen molar-refractivity contribution in [1.29, 1.82) is 0 Å². The van der Waals surface area contributed by atoms with Crippen molar-refractivity contribution >= 4 is 5.91 Å². The van der Waals surface area contributed by atoms with Gasteiger partial charge in [0.05, 0.1) is 6.04 Å². The Morgan fingerprint density at radius 2 is 1.90 bits per heavy atom. The molecule has 3 N–H and O–H groups in total. The maximum Gasteiger partial charge on any atom is 0.237 e. The zero-order valence-electron chi connectivity index (χ0n) is 12.3. The number of carbonyl (C=O) groups excluding carboxylic acids is 1. The molecule has 1 amide bonds. The van der Waals surface area contributed by atoms with Gasteiger partial charge in [-0.1, -0.05) is 49.6 Å². The normalized spacial score (nSPS) is 19.3. The fourth-order valence-electron chi connectivity index (χ4n) is 3.04. The maximum atomic E-state index is 12.2.